The fraction of sp³-hybridized carbons (Fsp3) is 0.143. The molecule has 304 valence electrons. The van der Waals surface area contributed by atoms with Crippen LogP contribution in [0.1, 0.15) is 63.8 Å². The number of nitrogens with zero attached hydrogens (tertiary/aromatic N) is 3. The zero-order valence-electron chi connectivity index (χ0n) is 36.1. The third kappa shape index (κ3) is 6.78. The second-order valence-corrected chi connectivity index (χ2v) is 18.3. The Labute approximate surface area is 363 Å². The van der Waals surface area contributed by atoms with Crippen LogP contribution in [0.5, 0.6) is 0 Å². The predicted molar refractivity (Wildman–Crippen MR) is 262 cm³/mol. The molecule has 10 aromatic rings. The number of H-pyrrole nitrogens is 1. The van der Waals surface area contributed by atoms with E-state index >= 15 is 0 Å². The van der Waals surface area contributed by atoms with Crippen LogP contribution in [-0.4, -0.2) is 20.2 Å². The zero-order chi connectivity index (χ0) is 42.8. The van der Waals surface area contributed by atoms with Gasteiger partial charge in [0.25, 0.3) is 0 Å². The van der Waals surface area contributed by atoms with Gasteiger partial charge in [-0.15, -0.1) is 0 Å². The summed E-state index contributed by atoms with van der Waals surface area (Å²) in [7, 11) is 0. The molecule has 0 aliphatic rings. The van der Waals surface area contributed by atoms with E-state index in [9.17, 15) is 5.41 Å². The van der Waals surface area contributed by atoms with Gasteiger partial charge >= 0.3 is 0 Å². The Kier molecular flexibility index (Phi) is 9.33. The molecular formula is C56H50N6. The molecule has 10 rings (SSSR count). The lowest BCUT2D eigenvalue weighted by Crippen LogP contribution is -2.14. The Bertz CT molecular complexity index is 3250. The molecule has 0 spiro atoms. The highest BCUT2D eigenvalue weighted by Gasteiger charge is 2.25. The van der Waals surface area contributed by atoms with Crippen molar-refractivity contribution in [2.45, 2.75) is 52.4 Å². The molecule has 62 heavy (non-hydrogen) atoms. The Morgan fingerprint density at radius 1 is 0.597 bits per heavy atom. The largest absolute Gasteiger partial charge is 0.355 e. The van der Waals surface area contributed by atoms with Crippen molar-refractivity contribution < 1.29 is 0 Å². The first-order valence-electron chi connectivity index (χ1n) is 21.4. The minimum Gasteiger partial charge on any atom is -0.355 e. The van der Waals surface area contributed by atoms with Gasteiger partial charge in [0, 0.05) is 67.1 Å². The van der Waals surface area contributed by atoms with Crippen molar-refractivity contribution in [3.05, 3.63) is 198 Å². The minimum absolute atomic E-state index is 0.00758. The number of hydrogen-bond donors (Lipinski definition) is 3. The first-order chi connectivity index (χ1) is 29.9. The highest BCUT2D eigenvalue weighted by atomic mass is 15.2. The van der Waals surface area contributed by atoms with E-state index in [0.29, 0.717) is 5.71 Å². The van der Waals surface area contributed by atoms with Crippen molar-refractivity contribution in [3.8, 4) is 5.69 Å². The highest BCUT2D eigenvalue weighted by molar-refractivity contribution is 6.23. The fourth-order valence-electron chi connectivity index (χ4n) is 8.84. The molecule has 0 saturated heterocycles. The molecule has 3 N–H and O–H groups in total. The van der Waals surface area contributed by atoms with E-state index in [1.54, 1.807) is 0 Å². The van der Waals surface area contributed by atoms with Crippen LogP contribution in [0.15, 0.2) is 176 Å². The number of pyridine rings is 1. The van der Waals surface area contributed by atoms with Crippen molar-refractivity contribution in [2.75, 3.05) is 10.2 Å². The summed E-state index contributed by atoms with van der Waals surface area (Å²) in [5.74, 6) is 0.812. The molecule has 6 nitrogen and oxygen atoms in total. The van der Waals surface area contributed by atoms with Crippen LogP contribution in [0.3, 0.4) is 0 Å². The third-order valence-electron chi connectivity index (χ3n) is 12.1. The second kappa shape index (κ2) is 14.9. The van der Waals surface area contributed by atoms with Gasteiger partial charge in [0.15, 0.2) is 0 Å². The van der Waals surface area contributed by atoms with Crippen LogP contribution in [0.25, 0.3) is 49.3 Å². The van der Waals surface area contributed by atoms with Crippen LogP contribution >= 0.6 is 0 Å². The van der Waals surface area contributed by atoms with Crippen LogP contribution < -0.4 is 10.2 Å². The molecule has 0 bridgehead atoms. The SMILES string of the molecule is CC(C)(C)c1ccc2[nH]c3c(C(=N)c4ccccc4Nc4cc(N(c5ccccc5)c5ccccn5)c5c6ccccc6n(-c6ccccc6)c5c4)cc(C(C)(C)C)cc3c2c1. The van der Waals surface area contributed by atoms with E-state index in [1.807, 2.05) is 36.5 Å². The van der Waals surface area contributed by atoms with Gasteiger partial charge in [0.05, 0.1) is 27.9 Å². The van der Waals surface area contributed by atoms with Crippen LogP contribution in [0.4, 0.5) is 28.6 Å². The predicted octanol–water partition coefficient (Wildman–Crippen LogP) is 15.0. The van der Waals surface area contributed by atoms with Crippen LogP contribution in [0, 0.1) is 5.41 Å². The summed E-state index contributed by atoms with van der Waals surface area (Å²) in [5.41, 5.74) is 13.5. The number of fused-ring (bicyclic) bond motifs is 6. The van der Waals surface area contributed by atoms with E-state index in [-0.39, 0.29) is 10.8 Å². The normalized spacial score (nSPS) is 12.1. The van der Waals surface area contributed by atoms with Gasteiger partial charge in [-0.05, 0) is 107 Å². The monoisotopic (exact) mass is 806 g/mol. The average Bonchev–Trinajstić information content (AvgIpc) is 3.82. The number of anilines is 5. The maximum absolute atomic E-state index is 10.1. The minimum atomic E-state index is -0.131. The molecule has 0 fully saturated rings. The van der Waals surface area contributed by atoms with Gasteiger partial charge in [-0.3, -0.25) is 10.3 Å². The summed E-state index contributed by atoms with van der Waals surface area (Å²) in [4.78, 5) is 10.9. The summed E-state index contributed by atoms with van der Waals surface area (Å²) >= 11 is 0. The van der Waals surface area contributed by atoms with Gasteiger partial charge < -0.3 is 14.9 Å². The van der Waals surface area contributed by atoms with E-state index in [1.165, 1.54) is 16.5 Å². The molecule has 3 heterocycles. The summed E-state index contributed by atoms with van der Waals surface area (Å²) in [6.45, 7) is 13.5. The lowest BCUT2D eigenvalue weighted by atomic mass is 9.83. The van der Waals surface area contributed by atoms with Crippen molar-refractivity contribution in [1.29, 1.82) is 5.41 Å². The van der Waals surface area contributed by atoms with E-state index in [0.717, 1.165) is 83.6 Å². The topological polar surface area (TPSA) is 72.7 Å². The van der Waals surface area contributed by atoms with E-state index < -0.39 is 0 Å². The molecule has 0 saturated carbocycles. The summed E-state index contributed by atoms with van der Waals surface area (Å²) in [5, 5.41) is 18.5. The van der Waals surface area contributed by atoms with Gasteiger partial charge in [-0.2, -0.15) is 0 Å². The van der Waals surface area contributed by atoms with Crippen molar-refractivity contribution in [3.63, 3.8) is 0 Å². The molecular weight excluding hydrogens is 757 g/mol. The quantitative estimate of drug-likeness (QED) is 0.134. The number of aromatic amines is 1. The number of aromatic nitrogens is 3. The Morgan fingerprint density at radius 2 is 1.27 bits per heavy atom. The lowest BCUT2D eigenvalue weighted by molar-refractivity contribution is 0.590. The number of para-hydroxylation sites is 4. The highest BCUT2D eigenvalue weighted by Crippen LogP contribution is 2.46. The first-order valence-corrected chi connectivity index (χ1v) is 21.4. The van der Waals surface area contributed by atoms with Crippen molar-refractivity contribution in [1.82, 2.24) is 14.5 Å². The number of nitrogens with one attached hydrogen (secondary N) is 3. The molecule has 0 amide bonds. The molecule has 7 aromatic carbocycles. The molecule has 3 aromatic heterocycles. The Hall–Kier alpha value is -7.44. The Morgan fingerprint density at radius 3 is 2.02 bits per heavy atom. The van der Waals surface area contributed by atoms with Gasteiger partial charge in [-0.25, -0.2) is 4.98 Å². The molecule has 0 atom stereocenters. The van der Waals surface area contributed by atoms with Gasteiger partial charge in [0.2, 0.25) is 0 Å². The Balaban J connectivity index is 1.19. The third-order valence-corrected chi connectivity index (χ3v) is 12.1. The van der Waals surface area contributed by atoms with Crippen LogP contribution in [0.2, 0.25) is 0 Å². The number of benzene rings is 7. The van der Waals surface area contributed by atoms with E-state index in [2.05, 4.69) is 201 Å². The number of hydrogen-bond acceptors (Lipinski definition) is 4. The van der Waals surface area contributed by atoms with Gasteiger partial charge in [-0.1, -0.05) is 126 Å². The molecule has 0 aliphatic carbocycles. The fourth-order valence-corrected chi connectivity index (χ4v) is 8.84. The molecule has 0 aliphatic heterocycles. The van der Waals surface area contributed by atoms with Crippen LogP contribution in [-0.2, 0) is 10.8 Å². The lowest BCUT2D eigenvalue weighted by Gasteiger charge is -2.26. The smallest absolute Gasteiger partial charge is 0.137 e. The summed E-state index contributed by atoms with van der Waals surface area (Å²) < 4.78 is 2.35. The maximum Gasteiger partial charge on any atom is 0.137 e. The van der Waals surface area contributed by atoms with Gasteiger partial charge in [0.1, 0.15) is 5.82 Å². The summed E-state index contributed by atoms with van der Waals surface area (Å²) in [6, 6.07) is 59.7. The second-order valence-electron chi connectivity index (χ2n) is 18.3. The molecule has 6 heteroatoms. The van der Waals surface area contributed by atoms with Crippen molar-refractivity contribution >= 4 is 77.9 Å². The molecule has 0 radical (unpaired) electrons. The van der Waals surface area contributed by atoms with Crippen molar-refractivity contribution in [2.24, 2.45) is 0 Å². The zero-order valence-corrected chi connectivity index (χ0v) is 36.1. The standard InChI is InChI=1S/C56H50N6/c1-55(2,3)36-28-29-47-43(31-36)44-32-37(56(4,5)6)33-45(54(44)60-47)53(57)41-23-13-15-25-46(41)59-38-34-49-52(42-24-14-16-26-48(42)61(49)39-19-9-7-10-20-39)50(35-38)62(40-21-11-8-12-22-40)51-27-17-18-30-58-51/h7-35,57,59-60H,1-6H3. The van der Waals surface area contributed by atoms with E-state index in [4.69, 9.17) is 4.98 Å². The maximum atomic E-state index is 10.1. The molecule has 0 unspecified atom stereocenters. The summed E-state index contributed by atoms with van der Waals surface area (Å²) in [6.07, 6.45) is 1.85. The first kappa shape index (κ1) is 38.7. The number of rotatable bonds is 8. The average molecular weight is 807 g/mol.